The summed E-state index contributed by atoms with van der Waals surface area (Å²) in [5, 5.41) is 3.48. The molecule has 2 heterocycles. The third-order valence-electron chi connectivity index (χ3n) is 4.29. The molecule has 0 unspecified atom stereocenters. The van der Waals surface area contributed by atoms with Crippen LogP contribution in [0.25, 0.3) is 10.9 Å². The molecule has 1 aliphatic rings. The third kappa shape index (κ3) is 2.79. The van der Waals surface area contributed by atoms with E-state index >= 15 is 0 Å². The first-order valence-corrected chi connectivity index (χ1v) is 8.11. The fourth-order valence-corrected chi connectivity index (χ4v) is 3.22. The van der Waals surface area contributed by atoms with Crippen molar-refractivity contribution in [1.29, 1.82) is 0 Å². The largest absolute Gasteiger partial charge is 0.358 e. The van der Waals surface area contributed by atoms with Gasteiger partial charge in [-0.25, -0.2) is 4.79 Å². The Kier molecular flexibility index (Phi) is 4.13. The first-order valence-electron chi connectivity index (χ1n) is 8.11. The summed E-state index contributed by atoms with van der Waals surface area (Å²) in [5.74, 6) is -0.274. The quantitative estimate of drug-likeness (QED) is 0.654. The number of aromatic amines is 1. The summed E-state index contributed by atoms with van der Waals surface area (Å²) in [7, 11) is 0. The van der Waals surface area contributed by atoms with Crippen LogP contribution < -0.4 is 5.32 Å². The number of H-pyrrole nitrogens is 1. The molecule has 126 valence electrons. The van der Waals surface area contributed by atoms with E-state index < -0.39 is 12.1 Å². The van der Waals surface area contributed by atoms with Gasteiger partial charge in [-0.3, -0.25) is 14.5 Å². The fourth-order valence-electron chi connectivity index (χ4n) is 3.22. The van der Waals surface area contributed by atoms with Crippen molar-refractivity contribution in [2.75, 3.05) is 6.54 Å². The van der Waals surface area contributed by atoms with Crippen molar-refractivity contribution in [3.05, 3.63) is 35.5 Å². The molecular weight excluding hydrogens is 306 g/mol. The molecule has 1 aromatic carbocycles. The number of imide groups is 1. The Morgan fingerprint density at radius 2 is 1.96 bits per heavy atom. The predicted molar refractivity (Wildman–Crippen MR) is 90.9 cm³/mol. The number of fused-ring (bicyclic) bond motifs is 1. The highest BCUT2D eigenvalue weighted by molar-refractivity contribution is 6.14. The maximum absolute atomic E-state index is 12.7. The number of urea groups is 1. The Bertz CT molecular complexity index is 822. The molecule has 6 nitrogen and oxygen atoms in total. The molecule has 3 amide bonds. The molecule has 0 spiro atoms. The Labute approximate surface area is 140 Å². The number of nitrogens with zero attached hydrogens (tertiary/aromatic N) is 1. The summed E-state index contributed by atoms with van der Waals surface area (Å²) in [6.45, 7) is 5.56. The monoisotopic (exact) mass is 327 g/mol. The third-order valence-corrected chi connectivity index (χ3v) is 4.29. The van der Waals surface area contributed by atoms with Gasteiger partial charge in [-0.05, 0) is 25.3 Å². The first kappa shape index (κ1) is 16.2. The second kappa shape index (κ2) is 6.11. The standard InChI is InChI=1S/C18H21N3O3/c1-10(2)8-14-17(23)21(18(24)20-14)9-15(22)16-11(3)19-13-7-5-4-6-12(13)16/h4-7,10,14,19H,8-9H2,1-3H3,(H,20,24)/t14-/m0/s1. The Morgan fingerprint density at radius 3 is 2.67 bits per heavy atom. The average Bonchev–Trinajstić information content (AvgIpc) is 2.97. The number of amides is 3. The van der Waals surface area contributed by atoms with Gasteiger partial charge in [0.15, 0.2) is 5.78 Å². The van der Waals surface area contributed by atoms with Crippen LogP contribution in [0.1, 0.15) is 36.3 Å². The highest BCUT2D eigenvalue weighted by atomic mass is 16.2. The van der Waals surface area contributed by atoms with Crippen LogP contribution in [0.4, 0.5) is 4.79 Å². The molecule has 2 aromatic rings. The van der Waals surface area contributed by atoms with E-state index in [1.807, 2.05) is 45.0 Å². The van der Waals surface area contributed by atoms with Crippen LogP contribution in [0, 0.1) is 12.8 Å². The number of ketones is 1. The van der Waals surface area contributed by atoms with Crippen molar-refractivity contribution in [3.63, 3.8) is 0 Å². The van der Waals surface area contributed by atoms with Crippen molar-refractivity contribution in [1.82, 2.24) is 15.2 Å². The number of carbonyl (C=O) groups excluding carboxylic acids is 3. The zero-order valence-electron chi connectivity index (χ0n) is 14.1. The van der Waals surface area contributed by atoms with E-state index in [-0.39, 0.29) is 24.2 Å². The Morgan fingerprint density at radius 1 is 1.25 bits per heavy atom. The van der Waals surface area contributed by atoms with Crippen LogP contribution >= 0.6 is 0 Å². The van der Waals surface area contributed by atoms with Crippen molar-refractivity contribution < 1.29 is 14.4 Å². The van der Waals surface area contributed by atoms with Crippen LogP contribution in [0.3, 0.4) is 0 Å². The normalized spacial score (nSPS) is 17.8. The number of rotatable bonds is 5. The van der Waals surface area contributed by atoms with Gasteiger partial charge >= 0.3 is 6.03 Å². The molecule has 1 aromatic heterocycles. The van der Waals surface area contributed by atoms with Crippen LogP contribution in [0.2, 0.25) is 0 Å². The van der Waals surface area contributed by atoms with E-state index in [9.17, 15) is 14.4 Å². The van der Waals surface area contributed by atoms with E-state index in [1.165, 1.54) is 0 Å². The lowest BCUT2D eigenvalue weighted by Gasteiger charge is -2.13. The average molecular weight is 327 g/mol. The minimum Gasteiger partial charge on any atom is -0.358 e. The summed E-state index contributed by atoms with van der Waals surface area (Å²) in [5.41, 5.74) is 2.15. The van der Waals surface area contributed by atoms with Gasteiger partial charge in [0, 0.05) is 22.2 Å². The fraction of sp³-hybridized carbons (Fsp3) is 0.389. The number of benzene rings is 1. The van der Waals surface area contributed by atoms with Crippen molar-refractivity contribution in [2.24, 2.45) is 5.92 Å². The van der Waals surface area contributed by atoms with Crippen molar-refractivity contribution in [3.8, 4) is 0 Å². The molecular formula is C18H21N3O3. The number of nitrogens with one attached hydrogen (secondary N) is 2. The van der Waals surface area contributed by atoms with E-state index in [4.69, 9.17) is 0 Å². The highest BCUT2D eigenvalue weighted by Gasteiger charge is 2.39. The van der Waals surface area contributed by atoms with Gasteiger partial charge in [-0.15, -0.1) is 0 Å². The summed E-state index contributed by atoms with van der Waals surface area (Å²) < 4.78 is 0. The number of hydrogen-bond acceptors (Lipinski definition) is 3. The van der Waals surface area contributed by atoms with E-state index in [0.717, 1.165) is 21.5 Å². The molecule has 0 aliphatic carbocycles. The molecule has 1 atom stereocenters. The van der Waals surface area contributed by atoms with Gasteiger partial charge in [-0.2, -0.15) is 0 Å². The molecule has 1 saturated heterocycles. The van der Waals surface area contributed by atoms with E-state index in [0.29, 0.717) is 12.0 Å². The van der Waals surface area contributed by atoms with Gasteiger partial charge in [0.05, 0.1) is 6.54 Å². The molecule has 6 heteroatoms. The smallest absolute Gasteiger partial charge is 0.325 e. The maximum Gasteiger partial charge on any atom is 0.325 e. The van der Waals surface area contributed by atoms with Gasteiger partial charge in [0.2, 0.25) is 0 Å². The lowest BCUT2D eigenvalue weighted by Crippen LogP contribution is -2.36. The molecule has 2 N–H and O–H groups in total. The van der Waals surface area contributed by atoms with Crippen molar-refractivity contribution >= 4 is 28.6 Å². The summed E-state index contributed by atoms with van der Waals surface area (Å²) >= 11 is 0. The predicted octanol–water partition coefficient (Wildman–Crippen LogP) is 2.63. The van der Waals surface area contributed by atoms with Gasteiger partial charge in [-0.1, -0.05) is 32.0 Å². The number of para-hydroxylation sites is 1. The Hall–Kier alpha value is -2.63. The van der Waals surface area contributed by atoms with Crippen LogP contribution in [-0.2, 0) is 4.79 Å². The molecule has 0 radical (unpaired) electrons. The number of hydrogen-bond donors (Lipinski definition) is 2. The highest BCUT2D eigenvalue weighted by Crippen LogP contribution is 2.23. The molecule has 0 saturated carbocycles. The van der Waals surface area contributed by atoms with Gasteiger partial charge in [0.1, 0.15) is 6.04 Å². The number of Topliss-reactive ketones (excluding diaryl/α,β-unsaturated/α-hetero) is 1. The molecule has 24 heavy (non-hydrogen) atoms. The Balaban J connectivity index is 1.83. The second-order valence-electron chi connectivity index (χ2n) is 6.65. The van der Waals surface area contributed by atoms with Crippen molar-refractivity contribution in [2.45, 2.75) is 33.2 Å². The molecule has 0 bridgehead atoms. The SMILES string of the molecule is Cc1[nH]c2ccccc2c1C(=O)CN1C(=O)N[C@@H](CC(C)C)C1=O. The summed E-state index contributed by atoms with van der Waals surface area (Å²) in [6.07, 6.45) is 0.571. The van der Waals surface area contributed by atoms with Gasteiger partial charge in [0.25, 0.3) is 5.91 Å². The summed E-state index contributed by atoms with van der Waals surface area (Å²) in [6, 6.07) is 6.48. The topological polar surface area (TPSA) is 82.3 Å². The van der Waals surface area contributed by atoms with Gasteiger partial charge < -0.3 is 10.3 Å². The minimum atomic E-state index is -0.533. The summed E-state index contributed by atoms with van der Waals surface area (Å²) in [4.78, 5) is 41.4. The second-order valence-corrected chi connectivity index (χ2v) is 6.65. The first-order chi connectivity index (χ1) is 11.4. The van der Waals surface area contributed by atoms with Crippen LogP contribution in [-0.4, -0.2) is 40.2 Å². The van der Waals surface area contributed by atoms with E-state index in [2.05, 4.69) is 10.3 Å². The lowest BCUT2D eigenvalue weighted by molar-refractivity contribution is -0.127. The number of aryl methyl sites for hydroxylation is 1. The molecule has 1 aliphatic heterocycles. The lowest BCUT2D eigenvalue weighted by atomic mass is 10.0. The zero-order valence-corrected chi connectivity index (χ0v) is 14.1. The zero-order chi connectivity index (χ0) is 17.4. The van der Waals surface area contributed by atoms with Crippen LogP contribution in [0.5, 0.6) is 0 Å². The molecule has 1 fully saturated rings. The van der Waals surface area contributed by atoms with Crippen LogP contribution in [0.15, 0.2) is 24.3 Å². The maximum atomic E-state index is 12.7. The minimum absolute atomic E-state index is 0.234. The van der Waals surface area contributed by atoms with E-state index in [1.54, 1.807) is 0 Å². The number of aromatic nitrogens is 1. The molecule has 3 rings (SSSR count). The number of carbonyl (C=O) groups is 3.